The van der Waals surface area contributed by atoms with Gasteiger partial charge in [-0.05, 0) is 17.4 Å². The van der Waals surface area contributed by atoms with Gasteiger partial charge in [-0.1, -0.05) is 27.7 Å². The summed E-state index contributed by atoms with van der Waals surface area (Å²) in [5, 5.41) is 83.5. The van der Waals surface area contributed by atoms with Gasteiger partial charge in [0.15, 0.2) is 12.6 Å². The highest BCUT2D eigenvalue weighted by molar-refractivity contribution is 5.70. The summed E-state index contributed by atoms with van der Waals surface area (Å²) in [6.07, 6.45) is -17.1. The third kappa shape index (κ3) is 8.12. The molecule has 16 atom stereocenters. The third-order valence-electron chi connectivity index (χ3n) is 9.63. The first-order valence-electron chi connectivity index (χ1n) is 16.9. The zero-order chi connectivity index (χ0) is 36.7. The number of carbonyl (C=O) groups excluding carboxylic acids is 2. The van der Waals surface area contributed by atoms with E-state index >= 15 is 0 Å². The number of fused-ring (bicyclic) bond motifs is 3. The van der Waals surface area contributed by atoms with Gasteiger partial charge < -0.3 is 78.7 Å². The first-order chi connectivity index (χ1) is 23.6. The molecule has 50 heavy (non-hydrogen) atoms. The molecule has 0 bridgehead atoms. The molecular formula is C32H50O18. The number of epoxide rings is 1. The molecule has 8 N–H and O–H groups in total. The van der Waals surface area contributed by atoms with E-state index in [0.29, 0.717) is 5.57 Å². The molecule has 286 valence electrons. The zero-order valence-corrected chi connectivity index (χ0v) is 28.3. The lowest BCUT2D eigenvalue weighted by Gasteiger charge is -2.43. The number of aliphatic hydroxyl groups excluding tert-OH is 7. The molecule has 0 aromatic rings. The summed E-state index contributed by atoms with van der Waals surface area (Å²) in [4.78, 5) is 25.1. The van der Waals surface area contributed by atoms with Crippen LogP contribution in [0.4, 0.5) is 0 Å². The van der Waals surface area contributed by atoms with E-state index in [1.54, 1.807) is 0 Å². The van der Waals surface area contributed by atoms with Crippen molar-refractivity contribution in [1.29, 1.82) is 0 Å². The van der Waals surface area contributed by atoms with Crippen molar-refractivity contribution in [3.63, 3.8) is 0 Å². The number of aliphatic hydroxyl groups is 8. The monoisotopic (exact) mass is 722 g/mol. The van der Waals surface area contributed by atoms with Gasteiger partial charge in [-0.15, -0.1) is 0 Å². The molecule has 0 radical (unpaired) electrons. The van der Waals surface area contributed by atoms with E-state index in [4.69, 9.17) is 37.9 Å². The Bertz CT molecular complexity index is 1210. The van der Waals surface area contributed by atoms with Crippen LogP contribution in [0.1, 0.15) is 40.5 Å². The molecule has 5 rings (SSSR count). The second-order valence-electron chi connectivity index (χ2n) is 14.5. The summed E-state index contributed by atoms with van der Waals surface area (Å²) in [6.45, 7) is 5.38. The Morgan fingerprint density at radius 3 is 1.98 bits per heavy atom. The molecule has 0 spiro atoms. The summed E-state index contributed by atoms with van der Waals surface area (Å²) in [5.41, 5.74) is -1.38. The molecule has 18 heteroatoms. The predicted molar refractivity (Wildman–Crippen MR) is 162 cm³/mol. The maximum atomic E-state index is 12.7. The van der Waals surface area contributed by atoms with E-state index in [-0.39, 0.29) is 31.3 Å². The van der Waals surface area contributed by atoms with Crippen LogP contribution in [0, 0.1) is 23.7 Å². The zero-order valence-electron chi connectivity index (χ0n) is 28.3. The first kappa shape index (κ1) is 39.2. The molecule has 0 aromatic carbocycles. The van der Waals surface area contributed by atoms with E-state index in [0.717, 1.165) is 0 Å². The Kier molecular flexibility index (Phi) is 12.5. The number of hydrogen-bond acceptors (Lipinski definition) is 18. The van der Waals surface area contributed by atoms with Crippen LogP contribution in [-0.2, 0) is 47.5 Å². The largest absolute Gasteiger partial charge is 0.462 e. The fourth-order valence-electron chi connectivity index (χ4n) is 6.94. The van der Waals surface area contributed by atoms with Crippen molar-refractivity contribution < 1.29 is 88.3 Å². The molecule has 1 aliphatic carbocycles. The van der Waals surface area contributed by atoms with Crippen LogP contribution >= 0.6 is 0 Å². The fraction of sp³-hybridized carbons (Fsp3) is 0.875. The van der Waals surface area contributed by atoms with Crippen molar-refractivity contribution in [2.45, 2.75) is 126 Å². The average Bonchev–Trinajstić information content (AvgIpc) is 3.81. The number of carbonyl (C=O) groups is 2. The summed E-state index contributed by atoms with van der Waals surface area (Å²) in [6, 6.07) is 0. The van der Waals surface area contributed by atoms with Crippen molar-refractivity contribution in [1.82, 2.24) is 0 Å². The number of hydrogen-bond donors (Lipinski definition) is 8. The van der Waals surface area contributed by atoms with Gasteiger partial charge >= 0.3 is 11.9 Å². The minimum absolute atomic E-state index is 0.0141. The Morgan fingerprint density at radius 1 is 0.780 bits per heavy atom. The van der Waals surface area contributed by atoms with Crippen LogP contribution in [0.25, 0.3) is 0 Å². The van der Waals surface area contributed by atoms with E-state index in [1.807, 2.05) is 27.7 Å². The van der Waals surface area contributed by atoms with Gasteiger partial charge in [-0.25, -0.2) is 0 Å². The van der Waals surface area contributed by atoms with Gasteiger partial charge in [0.25, 0.3) is 0 Å². The molecule has 4 aliphatic heterocycles. The summed E-state index contributed by atoms with van der Waals surface area (Å²) in [7, 11) is 0. The molecule has 0 unspecified atom stereocenters. The Labute approximate surface area is 288 Å². The van der Waals surface area contributed by atoms with Gasteiger partial charge in [-0.3, -0.25) is 9.59 Å². The molecule has 4 fully saturated rings. The van der Waals surface area contributed by atoms with Crippen molar-refractivity contribution >= 4 is 11.9 Å². The first-order valence-corrected chi connectivity index (χ1v) is 16.9. The van der Waals surface area contributed by atoms with Crippen LogP contribution < -0.4 is 0 Å². The second kappa shape index (κ2) is 15.9. The lowest BCUT2D eigenvalue weighted by molar-refractivity contribution is -0.330. The topological polar surface area (TPSA) is 273 Å². The minimum Gasteiger partial charge on any atom is -0.462 e. The Hall–Kier alpha value is -2.04. The lowest BCUT2D eigenvalue weighted by Crippen LogP contribution is -2.61. The van der Waals surface area contributed by atoms with Crippen molar-refractivity contribution in [2.24, 2.45) is 23.7 Å². The average molecular weight is 723 g/mol. The van der Waals surface area contributed by atoms with Gasteiger partial charge in [0, 0.05) is 18.8 Å². The van der Waals surface area contributed by atoms with E-state index in [2.05, 4.69) is 0 Å². The molecule has 0 aromatic heterocycles. The normalized spacial score (nSPS) is 43.9. The standard InChI is InChI=1S/C32H50O18/c1-12(2)5-17(34)46-11-32(42)20-19(27-28(32)50-27)14(8-43-29(20)49-18(35)6-13(3)4)9-44-30-26(41)24(39)22(37)16(48-30)10-45-31-25(40)23(38)21(36)15(7-33)47-31/h8,12-13,15-16,19-31,33,36-42H,5-7,9-11H2,1-4H3/t15-,16-,19-,20-,21-,22-,23+,24+,25-,26-,27+,28+,29+,30-,31-,32-/m1/s1. The summed E-state index contributed by atoms with van der Waals surface area (Å²) < 4.78 is 45.1. The van der Waals surface area contributed by atoms with Gasteiger partial charge in [0.1, 0.15) is 67.1 Å². The summed E-state index contributed by atoms with van der Waals surface area (Å²) >= 11 is 0. The quantitative estimate of drug-likeness (QED) is 0.0647. The summed E-state index contributed by atoms with van der Waals surface area (Å²) in [5.74, 6) is -2.67. The molecule has 3 saturated heterocycles. The van der Waals surface area contributed by atoms with E-state index < -0.39 is 129 Å². The van der Waals surface area contributed by atoms with Crippen LogP contribution in [0.15, 0.2) is 11.8 Å². The number of ether oxygens (including phenoxy) is 8. The molecule has 4 heterocycles. The fourth-order valence-corrected chi connectivity index (χ4v) is 6.94. The molecule has 18 nitrogen and oxygen atoms in total. The van der Waals surface area contributed by atoms with Gasteiger partial charge in [0.2, 0.25) is 6.29 Å². The SMILES string of the molecule is CC(C)CC(=O)OC[C@@]1(O)[C@H]2[C@H](OC(=O)CC(C)C)OC=C(CO[C@@H]3O[C@H](CO[C@@H]4O[C@H](CO)[C@@H](O)[C@H](O)[C@H]4O)[C@@H](O)[C@H](O)[C@H]3O)[C@H]2[C@@H]2O[C@@H]21. The third-order valence-corrected chi connectivity index (χ3v) is 9.63. The highest BCUT2D eigenvalue weighted by Crippen LogP contribution is 2.59. The Balaban J connectivity index is 1.27. The van der Waals surface area contributed by atoms with Crippen LogP contribution in [-0.4, -0.2) is 165 Å². The van der Waals surface area contributed by atoms with Crippen LogP contribution in [0.5, 0.6) is 0 Å². The minimum atomic E-state index is -1.79. The highest BCUT2D eigenvalue weighted by Gasteiger charge is 2.74. The van der Waals surface area contributed by atoms with Crippen LogP contribution in [0.2, 0.25) is 0 Å². The van der Waals surface area contributed by atoms with E-state index in [9.17, 15) is 50.4 Å². The maximum absolute atomic E-state index is 12.7. The van der Waals surface area contributed by atoms with Crippen molar-refractivity contribution in [3.8, 4) is 0 Å². The van der Waals surface area contributed by atoms with Crippen LogP contribution in [0.3, 0.4) is 0 Å². The van der Waals surface area contributed by atoms with Gasteiger partial charge in [-0.2, -0.15) is 0 Å². The maximum Gasteiger partial charge on any atom is 0.309 e. The van der Waals surface area contributed by atoms with Gasteiger partial charge in [0.05, 0.1) is 38.1 Å². The smallest absolute Gasteiger partial charge is 0.309 e. The second-order valence-corrected chi connectivity index (χ2v) is 14.5. The molecule has 0 amide bonds. The molecular weight excluding hydrogens is 672 g/mol. The van der Waals surface area contributed by atoms with Crippen molar-refractivity contribution in [2.75, 3.05) is 26.4 Å². The van der Waals surface area contributed by atoms with Crippen molar-refractivity contribution in [3.05, 3.63) is 11.8 Å². The highest BCUT2D eigenvalue weighted by atomic mass is 16.7. The van der Waals surface area contributed by atoms with E-state index in [1.165, 1.54) is 6.26 Å². The number of rotatable bonds is 14. The number of esters is 2. The Morgan fingerprint density at radius 2 is 1.36 bits per heavy atom. The molecule has 5 aliphatic rings. The predicted octanol–water partition coefficient (Wildman–Crippen LogP) is -3.21. The molecule has 1 saturated carbocycles. The lowest BCUT2D eigenvalue weighted by atomic mass is 9.79.